The maximum Gasteiger partial charge on any atom is 0.0778 e. The van der Waals surface area contributed by atoms with Crippen molar-refractivity contribution in [2.24, 2.45) is 5.92 Å². The molecule has 1 atom stereocenters. The lowest BCUT2D eigenvalue weighted by Gasteiger charge is -2.10. The molecule has 0 aliphatic heterocycles. The molecular weight excluding hydrogens is 244 g/mol. The normalized spacial score (nSPS) is 18.4. The summed E-state index contributed by atoms with van der Waals surface area (Å²) in [5.41, 5.74) is 4.97. The Morgan fingerprint density at radius 2 is 1.95 bits per heavy atom. The van der Waals surface area contributed by atoms with Gasteiger partial charge in [0.25, 0.3) is 0 Å². The van der Waals surface area contributed by atoms with Crippen LogP contribution in [-0.2, 0) is 6.42 Å². The van der Waals surface area contributed by atoms with E-state index in [-0.39, 0.29) is 0 Å². The molecule has 2 aromatic carbocycles. The van der Waals surface area contributed by atoms with E-state index in [0.717, 1.165) is 23.9 Å². The fraction of sp³-hybridized carbons (Fsp3) is 0.222. The largest absolute Gasteiger partial charge is 0.339 e. The molecule has 1 unspecified atom stereocenters. The summed E-state index contributed by atoms with van der Waals surface area (Å²) < 4.78 is 1.85. The van der Waals surface area contributed by atoms with Crippen LogP contribution in [-0.4, -0.2) is 4.68 Å². The minimum Gasteiger partial charge on any atom is -0.339 e. The zero-order valence-electron chi connectivity index (χ0n) is 11.6. The number of nitrogen functional groups attached to an aromatic ring is 1. The highest BCUT2D eigenvalue weighted by Crippen LogP contribution is 2.34. The lowest BCUT2D eigenvalue weighted by Crippen LogP contribution is -2.08. The number of nitrogens with zero attached hydrogens (tertiary/aromatic N) is 1. The Morgan fingerprint density at radius 1 is 1.10 bits per heavy atom. The molecule has 1 heterocycles. The molecule has 100 valence electrons. The molecule has 1 aliphatic rings. The van der Waals surface area contributed by atoms with E-state index in [2.05, 4.69) is 49.4 Å². The second-order valence-electron chi connectivity index (χ2n) is 5.87. The minimum absolute atomic E-state index is 0.695. The number of hydrogen-bond donors (Lipinski definition) is 1. The summed E-state index contributed by atoms with van der Waals surface area (Å²) in [6, 6.07) is 12.9. The first-order valence-corrected chi connectivity index (χ1v) is 7.22. The molecule has 0 saturated heterocycles. The van der Waals surface area contributed by atoms with E-state index >= 15 is 0 Å². The third-order valence-electron chi connectivity index (χ3n) is 4.39. The summed E-state index contributed by atoms with van der Waals surface area (Å²) in [4.78, 5) is 0. The predicted molar refractivity (Wildman–Crippen MR) is 86.1 cm³/mol. The SMILES string of the molecule is CC1CC=Cc2c(ccc3c4ccccc4n(N)c23)C1. The molecule has 1 aromatic heterocycles. The number of benzene rings is 2. The molecular formula is C18H18N2. The number of rotatable bonds is 0. The maximum atomic E-state index is 6.37. The van der Waals surface area contributed by atoms with Crippen LogP contribution in [0.2, 0.25) is 0 Å². The molecule has 2 heteroatoms. The Morgan fingerprint density at radius 3 is 2.85 bits per heavy atom. The fourth-order valence-electron chi connectivity index (χ4n) is 3.40. The molecule has 3 aromatic rings. The van der Waals surface area contributed by atoms with Gasteiger partial charge in [-0.3, -0.25) is 4.68 Å². The first kappa shape index (κ1) is 11.6. The van der Waals surface area contributed by atoms with E-state index in [0.29, 0.717) is 5.92 Å². The van der Waals surface area contributed by atoms with Crippen LogP contribution >= 0.6 is 0 Å². The van der Waals surface area contributed by atoms with Crippen molar-refractivity contribution in [3.05, 3.63) is 53.6 Å². The molecule has 0 amide bonds. The lowest BCUT2D eigenvalue weighted by atomic mass is 9.96. The summed E-state index contributed by atoms with van der Waals surface area (Å²) in [5, 5.41) is 2.49. The maximum absolute atomic E-state index is 6.37. The molecule has 20 heavy (non-hydrogen) atoms. The van der Waals surface area contributed by atoms with Crippen molar-refractivity contribution in [1.82, 2.24) is 4.68 Å². The number of nitrogens with two attached hydrogens (primary N) is 1. The van der Waals surface area contributed by atoms with Gasteiger partial charge in [-0.15, -0.1) is 0 Å². The van der Waals surface area contributed by atoms with Crippen LogP contribution in [0.3, 0.4) is 0 Å². The van der Waals surface area contributed by atoms with Crippen LogP contribution in [0, 0.1) is 5.92 Å². The number of para-hydroxylation sites is 1. The summed E-state index contributed by atoms with van der Waals surface area (Å²) in [6.45, 7) is 2.31. The average molecular weight is 262 g/mol. The topological polar surface area (TPSA) is 30.9 Å². The monoisotopic (exact) mass is 262 g/mol. The van der Waals surface area contributed by atoms with Gasteiger partial charge in [0.2, 0.25) is 0 Å². The van der Waals surface area contributed by atoms with Crippen LogP contribution in [0.1, 0.15) is 24.5 Å². The Hall–Kier alpha value is -2.22. The van der Waals surface area contributed by atoms with E-state index < -0.39 is 0 Å². The predicted octanol–water partition coefficient (Wildman–Crippen LogP) is 4.10. The average Bonchev–Trinajstić information content (AvgIpc) is 2.62. The van der Waals surface area contributed by atoms with Crippen LogP contribution in [0.4, 0.5) is 0 Å². The van der Waals surface area contributed by atoms with Crippen molar-refractivity contribution in [2.45, 2.75) is 19.8 Å². The molecule has 1 aliphatic carbocycles. The highest BCUT2D eigenvalue weighted by Gasteiger charge is 2.16. The van der Waals surface area contributed by atoms with E-state index in [1.165, 1.54) is 21.9 Å². The van der Waals surface area contributed by atoms with Crippen molar-refractivity contribution < 1.29 is 0 Å². The van der Waals surface area contributed by atoms with Crippen molar-refractivity contribution in [1.29, 1.82) is 0 Å². The zero-order chi connectivity index (χ0) is 13.7. The van der Waals surface area contributed by atoms with Gasteiger partial charge >= 0.3 is 0 Å². The van der Waals surface area contributed by atoms with Crippen LogP contribution in [0.25, 0.3) is 27.9 Å². The second kappa shape index (κ2) is 4.14. The number of fused-ring (bicyclic) bond motifs is 5. The van der Waals surface area contributed by atoms with Gasteiger partial charge in [-0.2, -0.15) is 0 Å². The molecule has 2 nitrogen and oxygen atoms in total. The third kappa shape index (κ3) is 1.51. The Kier molecular flexibility index (Phi) is 2.40. The van der Waals surface area contributed by atoms with E-state index in [4.69, 9.17) is 5.84 Å². The first-order chi connectivity index (χ1) is 9.75. The van der Waals surface area contributed by atoms with Crippen molar-refractivity contribution in [3.63, 3.8) is 0 Å². The highest BCUT2D eigenvalue weighted by molar-refractivity contribution is 6.10. The number of hydrogen-bond acceptors (Lipinski definition) is 1. The summed E-state index contributed by atoms with van der Waals surface area (Å²) in [7, 11) is 0. The molecule has 0 saturated carbocycles. The van der Waals surface area contributed by atoms with Crippen molar-refractivity contribution >= 4 is 27.9 Å². The third-order valence-corrected chi connectivity index (χ3v) is 4.39. The van der Waals surface area contributed by atoms with Crippen LogP contribution in [0.15, 0.2) is 42.5 Å². The summed E-state index contributed by atoms with van der Waals surface area (Å²) in [6.07, 6.45) is 6.80. The molecule has 2 N–H and O–H groups in total. The highest BCUT2D eigenvalue weighted by atomic mass is 15.3. The number of aromatic nitrogens is 1. The fourth-order valence-corrected chi connectivity index (χ4v) is 3.40. The van der Waals surface area contributed by atoms with E-state index in [1.807, 2.05) is 10.7 Å². The smallest absolute Gasteiger partial charge is 0.0778 e. The van der Waals surface area contributed by atoms with Gasteiger partial charge in [-0.05, 0) is 30.4 Å². The molecule has 0 radical (unpaired) electrons. The summed E-state index contributed by atoms with van der Waals surface area (Å²) >= 11 is 0. The van der Waals surface area contributed by atoms with Gasteiger partial charge in [0.15, 0.2) is 0 Å². The van der Waals surface area contributed by atoms with Gasteiger partial charge < -0.3 is 5.84 Å². The van der Waals surface area contributed by atoms with Crippen LogP contribution in [0.5, 0.6) is 0 Å². The van der Waals surface area contributed by atoms with Crippen molar-refractivity contribution in [2.75, 3.05) is 5.84 Å². The quantitative estimate of drug-likeness (QED) is 0.607. The minimum atomic E-state index is 0.695. The second-order valence-corrected chi connectivity index (χ2v) is 5.87. The summed E-state index contributed by atoms with van der Waals surface area (Å²) in [5.74, 6) is 7.06. The molecule has 0 fully saturated rings. The number of allylic oxidation sites excluding steroid dienone is 1. The molecule has 4 rings (SSSR count). The van der Waals surface area contributed by atoms with Gasteiger partial charge in [0, 0.05) is 16.3 Å². The van der Waals surface area contributed by atoms with E-state index in [1.54, 1.807) is 0 Å². The Labute approximate surface area is 118 Å². The van der Waals surface area contributed by atoms with Gasteiger partial charge in [0.05, 0.1) is 11.0 Å². The van der Waals surface area contributed by atoms with Crippen LogP contribution < -0.4 is 5.84 Å². The zero-order valence-corrected chi connectivity index (χ0v) is 11.6. The Balaban J connectivity index is 2.16. The molecule has 0 bridgehead atoms. The van der Waals surface area contributed by atoms with Gasteiger partial charge in [-0.25, -0.2) is 0 Å². The van der Waals surface area contributed by atoms with Crippen molar-refractivity contribution in [3.8, 4) is 0 Å². The van der Waals surface area contributed by atoms with Gasteiger partial charge in [-0.1, -0.05) is 49.4 Å². The Bertz CT molecular complexity index is 839. The van der Waals surface area contributed by atoms with E-state index in [9.17, 15) is 0 Å². The lowest BCUT2D eigenvalue weighted by molar-refractivity contribution is 0.594. The standard InChI is InChI=1S/C18H18N2/c1-12-5-4-7-14-13(11-12)9-10-16-15-6-2-3-8-17(15)20(19)18(14)16/h2-4,6-10,12H,5,11,19H2,1H3. The molecule has 0 spiro atoms. The first-order valence-electron chi connectivity index (χ1n) is 7.22. The van der Waals surface area contributed by atoms with Gasteiger partial charge in [0.1, 0.15) is 0 Å².